The van der Waals surface area contributed by atoms with Gasteiger partial charge in [0.25, 0.3) is 0 Å². The van der Waals surface area contributed by atoms with Gasteiger partial charge in [0.2, 0.25) is 5.78 Å². The molecule has 1 aliphatic heterocycles. The second-order valence-electron chi connectivity index (χ2n) is 14.7. The fourth-order valence-electron chi connectivity index (χ4n) is 11.0. The molecule has 5 nitrogen and oxygen atoms in total. The molecule has 1 saturated heterocycles. The number of likely N-dealkylation sites (tertiary alicyclic amines) is 1. The lowest BCUT2D eigenvalue weighted by atomic mass is 9.32. The Hall–Kier alpha value is -1.69. The molecule has 6 aliphatic carbocycles. The summed E-state index contributed by atoms with van der Waals surface area (Å²) in [6, 6.07) is 3.59. The van der Waals surface area contributed by atoms with Crippen LogP contribution in [0.15, 0.2) is 46.6 Å². The molecule has 0 amide bonds. The van der Waals surface area contributed by atoms with Gasteiger partial charge in [-0.1, -0.05) is 51.3 Å². The SMILES string of the molecule is C[C@]12CC[C@H]3[C@]4(C=C[C@@]5(C=C4C(=O)c4ccco4)CC(O)CC[C@]35C)[C@@H]1CC[C@@]2(O)CN1CCCCCCC1. The number of rotatable bonds is 4. The van der Waals surface area contributed by atoms with Gasteiger partial charge < -0.3 is 19.5 Å². The minimum Gasteiger partial charge on any atom is -0.461 e. The summed E-state index contributed by atoms with van der Waals surface area (Å²) in [4.78, 5) is 16.8. The van der Waals surface area contributed by atoms with Gasteiger partial charge in [-0.15, -0.1) is 0 Å². The molecule has 3 saturated carbocycles. The van der Waals surface area contributed by atoms with Crippen molar-refractivity contribution in [1.82, 2.24) is 4.90 Å². The lowest BCUT2D eigenvalue weighted by Crippen LogP contribution is -2.67. The minimum absolute atomic E-state index is 0.000652. The van der Waals surface area contributed by atoms with E-state index in [1.807, 2.05) is 0 Å². The van der Waals surface area contributed by atoms with Gasteiger partial charge in [-0.3, -0.25) is 4.79 Å². The van der Waals surface area contributed by atoms with Gasteiger partial charge in [0.1, 0.15) is 0 Å². The highest BCUT2D eigenvalue weighted by Crippen LogP contribution is 2.78. The number of carbonyl (C=O) groups is 1. The summed E-state index contributed by atoms with van der Waals surface area (Å²) in [6.45, 7) is 7.72. The number of hydrogen-bond donors (Lipinski definition) is 2. The van der Waals surface area contributed by atoms with Gasteiger partial charge in [0, 0.05) is 28.4 Å². The number of allylic oxidation sites excluding steroid dienone is 4. The van der Waals surface area contributed by atoms with Crippen molar-refractivity contribution in [2.75, 3.05) is 19.6 Å². The molecular formula is C34H47NO4. The van der Waals surface area contributed by atoms with Gasteiger partial charge in [0.15, 0.2) is 5.76 Å². The van der Waals surface area contributed by atoms with Crippen molar-refractivity contribution >= 4 is 5.78 Å². The van der Waals surface area contributed by atoms with Crippen LogP contribution in [-0.2, 0) is 0 Å². The van der Waals surface area contributed by atoms with E-state index in [0.717, 1.165) is 63.7 Å². The molecule has 0 aromatic carbocycles. The Morgan fingerprint density at radius 2 is 1.67 bits per heavy atom. The molecule has 4 fully saturated rings. The highest BCUT2D eigenvalue weighted by atomic mass is 16.3. The summed E-state index contributed by atoms with van der Waals surface area (Å²) in [6.07, 6.45) is 20.9. The molecule has 2 bridgehead atoms. The van der Waals surface area contributed by atoms with E-state index in [1.165, 1.54) is 32.1 Å². The van der Waals surface area contributed by atoms with Gasteiger partial charge in [-0.2, -0.15) is 0 Å². The Labute approximate surface area is 233 Å². The van der Waals surface area contributed by atoms with Gasteiger partial charge in [-0.25, -0.2) is 0 Å². The number of aliphatic hydroxyl groups is 2. The number of aliphatic hydroxyl groups excluding tert-OH is 1. The largest absolute Gasteiger partial charge is 0.461 e. The zero-order chi connectivity index (χ0) is 27.1. The average Bonchev–Trinajstić information content (AvgIpc) is 3.52. The quantitative estimate of drug-likeness (QED) is 0.350. The van der Waals surface area contributed by atoms with Crippen molar-refractivity contribution < 1.29 is 19.4 Å². The third-order valence-corrected chi connectivity index (χ3v) is 13.1. The highest BCUT2D eigenvalue weighted by molar-refractivity contribution is 6.08. The molecule has 1 aromatic rings. The topological polar surface area (TPSA) is 73.9 Å². The lowest BCUT2D eigenvalue weighted by Gasteiger charge is -2.71. The van der Waals surface area contributed by atoms with Crippen LogP contribution in [0.2, 0.25) is 0 Å². The molecule has 8 rings (SSSR count). The number of furan rings is 1. The molecule has 2 spiro atoms. The average molecular weight is 534 g/mol. The van der Waals surface area contributed by atoms with Crippen LogP contribution in [0.5, 0.6) is 0 Å². The van der Waals surface area contributed by atoms with E-state index in [9.17, 15) is 15.0 Å². The fraction of sp³-hybridized carbons (Fsp3) is 0.735. The van der Waals surface area contributed by atoms with Crippen LogP contribution in [0.4, 0.5) is 0 Å². The molecule has 212 valence electrons. The third kappa shape index (κ3) is 3.45. The van der Waals surface area contributed by atoms with Crippen LogP contribution < -0.4 is 0 Å². The first-order valence-electron chi connectivity index (χ1n) is 15.8. The Bertz CT molecular complexity index is 1180. The van der Waals surface area contributed by atoms with E-state index in [1.54, 1.807) is 18.4 Å². The molecule has 2 heterocycles. The van der Waals surface area contributed by atoms with E-state index in [4.69, 9.17) is 4.42 Å². The van der Waals surface area contributed by atoms with Crippen LogP contribution in [-0.4, -0.2) is 52.2 Å². The number of nitrogens with zero attached hydrogens (tertiary/aromatic N) is 1. The summed E-state index contributed by atoms with van der Waals surface area (Å²) in [5.74, 6) is 0.931. The zero-order valence-corrected chi connectivity index (χ0v) is 24.0. The van der Waals surface area contributed by atoms with Crippen molar-refractivity contribution in [3.63, 3.8) is 0 Å². The monoisotopic (exact) mass is 533 g/mol. The summed E-state index contributed by atoms with van der Waals surface area (Å²) in [7, 11) is 0. The van der Waals surface area contributed by atoms with Crippen LogP contribution >= 0.6 is 0 Å². The maximum absolute atomic E-state index is 14.3. The molecule has 8 atom stereocenters. The van der Waals surface area contributed by atoms with Crippen molar-refractivity contribution in [1.29, 1.82) is 0 Å². The maximum Gasteiger partial charge on any atom is 0.224 e. The van der Waals surface area contributed by atoms with Crippen molar-refractivity contribution in [3.05, 3.63) is 48.0 Å². The Balaban J connectivity index is 1.32. The second kappa shape index (κ2) is 8.90. The molecule has 2 N–H and O–H groups in total. The van der Waals surface area contributed by atoms with Crippen LogP contribution in [0.1, 0.15) is 101 Å². The first-order chi connectivity index (χ1) is 18.7. The number of carbonyl (C=O) groups excluding carboxylic acids is 1. The second-order valence-corrected chi connectivity index (χ2v) is 14.7. The third-order valence-electron chi connectivity index (χ3n) is 13.1. The number of β-amino-alcohol motifs (C(OH)–C–C–N with tert-alkyl or cyclic N) is 1. The van der Waals surface area contributed by atoms with Crippen molar-refractivity contribution in [2.45, 2.75) is 103 Å². The molecule has 39 heavy (non-hydrogen) atoms. The maximum atomic E-state index is 14.3. The van der Waals surface area contributed by atoms with E-state index in [2.05, 4.69) is 37.0 Å². The highest BCUT2D eigenvalue weighted by Gasteiger charge is 2.74. The first-order valence-corrected chi connectivity index (χ1v) is 15.8. The van der Waals surface area contributed by atoms with E-state index < -0.39 is 11.0 Å². The van der Waals surface area contributed by atoms with E-state index in [0.29, 0.717) is 18.1 Å². The number of ketones is 1. The Morgan fingerprint density at radius 3 is 2.41 bits per heavy atom. The predicted molar refractivity (Wildman–Crippen MR) is 151 cm³/mol. The fourth-order valence-corrected chi connectivity index (χ4v) is 11.0. The Morgan fingerprint density at radius 1 is 0.974 bits per heavy atom. The van der Waals surface area contributed by atoms with E-state index >= 15 is 0 Å². The molecule has 7 aliphatic rings. The van der Waals surface area contributed by atoms with Gasteiger partial charge >= 0.3 is 0 Å². The molecule has 1 unspecified atom stereocenters. The standard InChI is InChI=1S/C34H47NO4/c1-30-13-10-24(36)21-32(30)16-17-34(25(22-32)29(37)26-9-8-20-39-26)27(30)11-14-31(2)28(34)12-15-33(31,38)23-35-18-6-4-3-5-7-19-35/h8-9,16-17,20,22,24,27-28,36,38H,3-7,10-15,18-19,21,23H2,1-2H3/t24?,27-,28-,30-,31+,32+,33-,34-/m1/s1. The van der Waals surface area contributed by atoms with Crippen LogP contribution in [0, 0.1) is 33.5 Å². The summed E-state index contributed by atoms with van der Waals surface area (Å²) >= 11 is 0. The lowest BCUT2D eigenvalue weighted by molar-refractivity contribution is -0.176. The number of Topliss-reactive ketones (excluding diaryl/α,β-unsaturated/α-hetero) is 1. The first kappa shape index (κ1) is 26.2. The minimum atomic E-state index is -0.751. The van der Waals surface area contributed by atoms with Gasteiger partial charge in [0.05, 0.1) is 18.0 Å². The predicted octanol–water partition coefficient (Wildman–Crippen LogP) is 6.32. The van der Waals surface area contributed by atoms with Crippen molar-refractivity contribution in [2.24, 2.45) is 33.5 Å². The van der Waals surface area contributed by atoms with Crippen molar-refractivity contribution in [3.8, 4) is 0 Å². The summed E-state index contributed by atoms with van der Waals surface area (Å²) in [5, 5.41) is 23.4. The van der Waals surface area contributed by atoms with Crippen LogP contribution in [0.3, 0.4) is 0 Å². The molecule has 5 heteroatoms. The summed E-state index contributed by atoms with van der Waals surface area (Å²) in [5.41, 5.74) is -0.848. The zero-order valence-electron chi connectivity index (χ0n) is 24.0. The van der Waals surface area contributed by atoms with Crippen LogP contribution in [0.25, 0.3) is 0 Å². The normalized spacial score (nSPS) is 47.5. The van der Waals surface area contributed by atoms with E-state index in [-0.39, 0.29) is 34.1 Å². The summed E-state index contributed by atoms with van der Waals surface area (Å²) < 4.78 is 5.69. The molecule has 0 radical (unpaired) electrons. The molecule has 1 aromatic heterocycles. The number of hydrogen-bond acceptors (Lipinski definition) is 5. The Kier molecular flexibility index (Phi) is 5.99. The molecular weight excluding hydrogens is 486 g/mol. The smallest absolute Gasteiger partial charge is 0.224 e. The number of fused-ring (bicyclic) bond motifs is 1. The van der Waals surface area contributed by atoms with Gasteiger partial charge in [-0.05, 0) is 100 Å².